The van der Waals surface area contributed by atoms with Crippen molar-refractivity contribution in [1.82, 2.24) is 5.32 Å². The minimum Gasteiger partial charge on any atom is -0.490 e. The minimum absolute atomic E-state index is 0.151. The number of benzene rings is 2. The maximum atomic E-state index is 13.0. The second kappa shape index (κ2) is 9.13. The molecule has 2 aromatic rings. The summed E-state index contributed by atoms with van der Waals surface area (Å²) in [7, 11) is 0. The van der Waals surface area contributed by atoms with Crippen molar-refractivity contribution in [3.63, 3.8) is 0 Å². The highest BCUT2D eigenvalue weighted by molar-refractivity contribution is 9.10. The number of anilines is 1. The molecule has 1 heterocycles. The van der Waals surface area contributed by atoms with Crippen LogP contribution in [0, 0.1) is 6.92 Å². The van der Waals surface area contributed by atoms with Gasteiger partial charge in [0.2, 0.25) is 0 Å². The van der Waals surface area contributed by atoms with Crippen LogP contribution in [-0.4, -0.2) is 31.1 Å². The van der Waals surface area contributed by atoms with E-state index in [1.165, 1.54) is 6.08 Å². The Kier molecular flexibility index (Phi) is 6.56. The highest BCUT2D eigenvalue weighted by atomic mass is 79.9. The third-order valence-corrected chi connectivity index (χ3v) is 5.27. The van der Waals surface area contributed by atoms with Crippen molar-refractivity contribution in [3.8, 4) is 11.5 Å². The van der Waals surface area contributed by atoms with Gasteiger partial charge in [0.1, 0.15) is 5.57 Å². The zero-order valence-corrected chi connectivity index (χ0v) is 18.4. The molecule has 0 spiro atoms. The quantitative estimate of drug-likeness (QED) is 0.502. The minimum atomic E-state index is -0.787. The van der Waals surface area contributed by atoms with Gasteiger partial charge in [-0.15, -0.1) is 0 Å². The van der Waals surface area contributed by atoms with Gasteiger partial charge >= 0.3 is 6.03 Å². The summed E-state index contributed by atoms with van der Waals surface area (Å²) in [5, 5.41) is 2.23. The maximum absolute atomic E-state index is 13.0. The monoisotopic (exact) mass is 472 g/mol. The molecule has 0 radical (unpaired) electrons. The first kappa shape index (κ1) is 21.6. The number of urea groups is 1. The highest BCUT2D eigenvalue weighted by Crippen LogP contribution is 2.30. The molecule has 0 unspecified atom stereocenters. The average Bonchev–Trinajstić information content (AvgIpc) is 2.70. The number of rotatable bonds is 6. The number of carbonyl (C=O) groups excluding carboxylic acids is 3. The molecule has 4 amide bonds. The molecule has 1 N–H and O–H groups in total. The number of nitrogens with zero attached hydrogens (tertiary/aromatic N) is 1. The first-order valence-corrected chi connectivity index (χ1v) is 10.2. The number of halogens is 1. The van der Waals surface area contributed by atoms with Crippen LogP contribution >= 0.6 is 15.9 Å². The van der Waals surface area contributed by atoms with E-state index >= 15 is 0 Å². The summed E-state index contributed by atoms with van der Waals surface area (Å²) < 4.78 is 12.0. The molecule has 0 atom stereocenters. The van der Waals surface area contributed by atoms with E-state index in [9.17, 15) is 14.4 Å². The molecule has 0 saturated carbocycles. The SMILES string of the molecule is CCOc1ccc(/C=C2/C(=O)NC(=O)N(c3ccc(Br)c(C)c3)C2=O)cc1OCC. The van der Waals surface area contributed by atoms with Crippen molar-refractivity contribution in [2.24, 2.45) is 0 Å². The summed E-state index contributed by atoms with van der Waals surface area (Å²) in [5.41, 5.74) is 1.64. The maximum Gasteiger partial charge on any atom is 0.335 e. The van der Waals surface area contributed by atoms with Crippen LogP contribution in [0.25, 0.3) is 6.08 Å². The van der Waals surface area contributed by atoms with Crippen LogP contribution in [0.1, 0.15) is 25.0 Å². The summed E-state index contributed by atoms with van der Waals surface area (Å²) in [6, 6.07) is 9.40. The van der Waals surface area contributed by atoms with Gasteiger partial charge in [0.25, 0.3) is 11.8 Å². The van der Waals surface area contributed by atoms with Crippen LogP contribution in [0.3, 0.4) is 0 Å². The summed E-state index contributed by atoms with van der Waals surface area (Å²) in [5.74, 6) is -0.365. The van der Waals surface area contributed by atoms with Crippen molar-refractivity contribution >= 4 is 45.5 Å². The Morgan fingerprint density at radius 2 is 1.70 bits per heavy atom. The van der Waals surface area contributed by atoms with Crippen molar-refractivity contribution in [2.75, 3.05) is 18.1 Å². The first-order chi connectivity index (χ1) is 14.3. The Bertz CT molecular complexity index is 1050. The molecule has 156 valence electrons. The van der Waals surface area contributed by atoms with Gasteiger partial charge in [0.05, 0.1) is 18.9 Å². The lowest BCUT2D eigenvalue weighted by atomic mass is 10.1. The normalized spacial score (nSPS) is 15.4. The zero-order chi connectivity index (χ0) is 21.8. The van der Waals surface area contributed by atoms with Crippen molar-refractivity contribution < 1.29 is 23.9 Å². The van der Waals surface area contributed by atoms with E-state index in [1.54, 1.807) is 36.4 Å². The fourth-order valence-electron chi connectivity index (χ4n) is 2.98. The number of imide groups is 2. The van der Waals surface area contributed by atoms with E-state index in [0.717, 1.165) is 14.9 Å². The molecule has 2 aromatic carbocycles. The lowest BCUT2D eigenvalue weighted by Crippen LogP contribution is -2.54. The molecule has 0 bridgehead atoms. The molecule has 30 heavy (non-hydrogen) atoms. The van der Waals surface area contributed by atoms with Gasteiger partial charge in [0, 0.05) is 4.47 Å². The van der Waals surface area contributed by atoms with E-state index in [-0.39, 0.29) is 5.57 Å². The molecule has 1 saturated heterocycles. The Morgan fingerprint density at radius 3 is 2.37 bits per heavy atom. The standard InChI is InChI=1S/C22H21BrN2O5/c1-4-29-18-9-6-14(12-19(18)30-5-2)11-16-20(26)24-22(28)25(21(16)27)15-7-8-17(23)13(3)10-15/h6-12H,4-5H2,1-3H3,(H,24,26,28)/b16-11-. The Morgan fingerprint density at radius 1 is 1.00 bits per heavy atom. The fourth-order valence-corrected chi connectivity index (χ4v) is 3.23. The Balaban J connectivity index is 2.00. The third-order valence-electron chi connectivity index (χ3n) is 4.38. The summed E-state index contributed by atoms with van der Waals surface area (Å²) in [6.07, 6.45) is 1.43. The zero-order valence-electron chi connectivity index (χ0n) is 16.8. The van der Waals surface area contributed by atoms with Gasteiger partial charge in [-0.1, -0.05) is 22.0 Å². The first-order valence-electron chi connectivity index (χ1n) is 9.43. The van der Waals surface area contributed by atoms with Gasteiger partial charge < -0.3 is 9.47 Å². The van der Waals surface area contributed by atoms with Crippen LogP contribution in [0.5, 0.6) is 11.5 Å². The number of nitrogens with one attached hydrogen (secondary N) is 1. The molecule has 7 nitrogen and oxygen atoms in total. The molecule has 1 fully saturated rings. The second-order valence-electron chi connectivity index (χ2n) is 6.46. The van der Waals surface area contributed by atoms with Gasteiger partial charge in [-0.3, -0.25) is 14.9 Å². The number of aryl methyl sites for hydroxylation is 1. The largest absolute Gasteiger partial charge is 0.490 e. The smallest absolute Gasteiger partial charge is 0.335 e. The summed E-state index contributed by atoms with van der Waals surface area (Å²) in [4.78, 5) is 38.7. The van der Waals surface area contributed by atoms with Crippen molar-refractivity contribution in [2.45, 2.75) is 20.8 Å². The predicted molar refractivity (Wildman–Crippen MR) is 117 cm³/mol. The molecular weight excluding hydrogens is 452 g/mol. The average molecular weight is 473 g/mol. The lowest BCUT2D eigenvalue weighted by Gasteiger charge is -2.26. The van der Waals surface area contributed by atoms with Crippen LogP contribution in [0.2, 0.25) is 0 Å². The van der Waals surface area contributed by atoms with E-state index in [1.807, 2.05) is 20.8 Å². The van der Waals surface area contributed by atoms with Crippen LogP contribution in [-0.2, 0) is 9.59 Å². The number of ether oxygens (including phenoxy) is 2. The van der Waals surface area contributed by atoms with E-state index in [2.05, 4.69) is 21.2 Å². The van der Waals surface area contributed by atoms with Crippen LogP contribution in [0.4, 0.5) is 10.5 Å². The number of hydrogen-bond acceptors (Lipinski definition) is 5. The van der Waals surface area contributed by atoms with Gasteiger partial charge in [-0.2, -0.15) is 0 Å². The van der Waals surface area contributed by atoms with Gasteiger partial charge in [-0.25, -0.2) is 9.69 Å². The molecule has 0 aromatic heterocycles. The topological polar surface area (TPSA) is 84.9 Å². The van der Waals surface area contributed by atoms with Crippen LogP contribution < -0.4 is 19.7 Å². The van der Waals surface area contributed by atoms with Crippen LogP contribution in [0.15, 0.2) is 46.4 Å². The molecule has 1 aliphatic heterocycles. The number of amides is 4. The number of carbonyl (C=O) groups is 3. The summed E-state index contributed by atoms with van der Waals surface area (Å²) >= 11 is 3.39. The van der Waals surface area contributed by atoms with E-state index in [0.29, 0.717) is 36.0 Å². The molecule has 8 heteroatoms. The molecule has 0 aliphatic carbocycles. The van der Waals surface area contributed by atoms with E-state index < -0.39 is 17.8 Å². The third kappa shape index (κ3) is 4.38. The fraction of sp³-hybridized carbons (Fsp3) is 0.227. The van der Waals surface area contributed by atoms with Crippen molar-refractivity contribution in [1.29, 1.82) is 0 Å². The molecule has 1 aliphatic rings. The predicted octanol–water partition coefficient (Wildman–Crippen LogP) is 4.22. The Labute approximate surface area is 182 Å². The van der Waals surface area contributed by atoms with E-state index in [4.69, 9.17) is 9.47 Å². The van der Waals surface area contributed by atoms with Crippen molar-refractivity contribution in [3.05, 3.63) is 57.6 Å². The molecular formula is C22H21BrN2O5. The highest BCUT2D eigenvalue weighted by Gasteiger charge is 2.37. The molecule has 3 rings (SSSR count). The lowest BCUT2D eigenvalue weighted by molar-refractivity contribution is -0.122. The van der Waals surface area contributed by atoms with Gasteiger partial charge in [0.15, 0.2) is 11.5 Å². The number of hydrogen-bond donors (Lipinski definition) is 1. The van der Waals surface area contributed by atoms with Gasteiger partial charge in [-0.05, 0) is 68.3 Å². The summed E-state index contributed by atoms with van der Waals surface area (Å²) in [6.45, 7) is 6.47. The Hall–Kier alpha value is -3.13. The second-order valence-corrected chi connectivity index (χ2v) is 7.32. The number of barbiturate groups is 1.